The van der Waals surface area contributed by atoms with Crippen LogP contribution in [0.3, 0.4) is 0 Å². The maximum atomic E-state index is 8.98. The number of hydrogen-bond acceptors (Lipinski definition) is 2. The van der Waals surface area contributed by atoms with Crippen LogP contribution in [0, 0.1) is 23.2 Å². The molecule has 0 saturated heterocycles. The minimum Gasteiger partial charge on any atom is -0.382 e. The molecule has 2 rings (SSSR count). The van der Waals surface area contributed by atoms with Crippen molar-refractivity contribution in [2.45, 2.75) is 39.2 Å². The molecule has 1 saturated carbocycles. The van der Waals surface area contributed by atoms with Crippen molar-refractivity contribution in [1.29, 1.82) is 5.26 Å². The van der Waals surface area contributed by atoms with Crippen LogP contribution in [0.15, 0.2) is 22.7 Å². The number of nitrogens with one attached hydrogen (secondary N) is 1. The zero-order valence-electron chi connectivity index (χ0n) is 10.9. The highest BCUT2D eigenvalue weighted by Crippen LogP contribution is 2.31. The summed E-state index contributed by atoms with van der Waals surface area (Å²) in [5, 5.41) is 12.6. The van der Waals surface area contributed by atoms with Crippen LogP contribution in [0.5, 0.6) is 0 Å². The third-order valence-corrected chi connectivity index (χ3v) is 4.27. The second-order valence-corrected chi connectivity index (χ2v) is 6.40. The molecule has 0 aliphatic heterocycles. The van der Waals surface area contributed by atoms with Crippen molar-refractivity contribution in [2.24, 2.45) is 11.8 Å². The maximum absolute atomic E-state index is 8.98. The summed E-state index contributed by atoms with van der Waals surface area (Å²) in [5.74, 6) is 1.54. The average Bonchev–Trinajstić information content (AvgIpc) is 2.32. The van der Waals surface area contributed by atoms with E-state index in [9.17, 15) is 0 Å². The number of benzene rings is 1. The van der Waals surface area contributed by atoms with Gasteiger partial charge in [0.05, 0.1) is 11.6 Å². The molecule has 1 fully saturated rings. The van der Waals surface area contributed by atoms with Gasteiger partial charge in [-0.1, -0.05) is 29.8 Å². The summed E-state index contributed by atoms with van der Waals surface area (Å²) in [6.45, 7) is 4.65. The molecule has 1 aliphatic rings. The number of halogens is 1. The van der Waals surface area contributed by atoms with Crippen LogP contribution >= 0.6 is 15.9 Å². The molecule has 0 spiro atoms. The number of nitrogens with zero attached hydrogens (tertiary/aromatic N) is 1. The summed E-state index contributed by atoms with van der Waals surface area (Å²) in [6, 6.07) is 8.54. The molecule has 0 radical (unpaired) electrons. The van der Waals surface area contributed by atoms with Gasteiger partial charge in [-0.05, 0) is 49.3 Å². The van der Waals surface area contributed by atoms with Gasteiger partial charge in [0, 0.05) is 16.2 Å². The predicted octanol–water partition coefficient (Wildman–Crippen LogP) is 4.56. The fourth-order valence-electron chi connectivity index (χ4n) is 2.83. The van der Waals surface area contributed by atoms with Crippen LogP contribution in [0.25, 0.3) is 0 Å². The van der Waals surface area contributed by atoms with Gasteiger partial charge in [0.1, 0.15) is 0 Å². The number of anilines is 1. The maximum Gasteiger partial charge on any atom is 0.0992 e. The molecular weight excluding hydrogens is 288 g/mol. The van der Waals surface area contributed by atoms with Crippen molar-refractivity contribution >= 4 is 21.6 Å². The van der Waals surface area contributed by atoms with Crippen LogP contribution in [0.2, 0.25) is 0 Å². The van der Waals surface area contributed by atoms with Crippen LogP contribution in [0.1, 0.15) is 38.7 Å². The zero-order chi connectivity index (χ0) is 13.1. The van der Waals surface area contributed by atoms with Gasteiger partial charge in [-0.25, -0.2) is 0 Å². The topological polar surface area (TPSA) is 35.8 Å². The van der Waals surface area contributed by atoms with E-state index in [0.29, 0.717) is 17.5 Å². The standard InChI is InChI=1S/C15H19BrN2/c1-10-3-4-15(11(2)5-10)18-14-7-12(9-17)6-13(16)8-14/h6-8,10-11,15,18H,3-5H2,1-2H3. The minimum atomic E-state index is 0.530. The largest absolute Gasteiger partial charge is 0.382 e. The van der Waals surface area contributed by atoms with Gasteiger partial charge < -0.3 is 5.32 Å². The molecule has 0 bridgehead atoms. The average molecular weight is 307 g/mol. The molecule has 1 aromatic carbocycles. The van der Waals surface area contributed by atoms with Crippen molar-refractivity contribution in [3.05, 3.63) is 28.2 Å². The van der Waals surface area contributed by atoms with Crippen molar-refractivity contribution < 1.29 is 0 Å². The van der Waals surface area contributed by atoms with Crippen LogP contribution in [0.4, 0.5) is 5.69 Å². The zero-order valence-corrected chi connectivity index (χ0v) is 12.5. The van der Waals surface area contributed by atoms with Gasteiger partial charge in [0.15, 0.2) is 0 Å². The lowest BCUT2D eigenvalue weighted by atomic mass is 9.80. The number of hydrogen-bond donors (Lipinski definition) is 1. The first-order chi connectivity index (χ1) is 8.58. The summed E-state index contributed by atoms with van der Waals surface area (Å²) in [5.41, 5.74) is 1.75. The first kappa shape index (κ1) is 13.4. The minimum absolute atomic E-state index is 0.530. The highest BCUT2D eigenvalue weighted by Gasteiger charge is 2.25. The fourth-order valence-corrected chi connectivity index (χ4v) is 3.32. The second kappa shape index (κ2) is 5.75. The van der Waals surface area contributed by atoms with E-state index in [1.165, 1.54) is 19.3 Å². The molecule has 1 aliphatic carbocycles. The molecule has 3 unspecified atom stereocenters. The van der Waals surface area contributed by atoms with Gasteiger partial charge in [0.25, 0.3) is 0 Å². The molecule has 96 valence electrons. The number of nitriles is 1. The Morgan fingerprint density at radius 1 is 1.28 bits per heavy atom. The van der Waals surface area contributed by atoms with E-state index in [4.69, 9.17) is 5.26 Å². The Balaban J connectivity index is 2.10. The van der Waals surface area contributed by atoms with E-state index in [1.807, 2.05) is 18.2 Å². The molecular formula is C15H19BrN2. The van der Waals surface area contributed by atoms with Gasteiger partial charge in [-0.3, -0.25) is 0 Å². The lowest BCUT2D eigenvalue weighted by Crippen LogP contribution is -2.33. The van der Waals surface area contributed by atoms with Gasteiger partial charge >= 0.3 is 0 Å². The molecule has 0 amide bonds. The smallest absolute Gasteiger partial charge is 0.0992 e. The van der Waals surface area contributed by atoms with Crippen LogP contribution < -0.4 is 5.32 Å². The predicted molar refractivity (Wildman–Crippen MR) is 78.4 cm³/mol. The number of rotatable bonds is 2. The Bertz CT molecular complexity index is 464. The Morgan fingerprint density at radius 2 is 2.06 bits per heavy atom. The van der Waals surface area contributed by atoms with E-state index in [-0.39, 0.29) is 0 Å². The van der Waals surface area contributed by atoms with Crippen LogP contribution in [-0.2, 0) is 0 Å². The van der Waals surface area contributed by atoms with Crippen molar-refractivity contribution in [1.82, 2.24) is 0 Å². The third-order valence-electron chi connectivity index (χ3n) is 3.81. The summed E-state index contributed by atoms with van der Waals surface area (Å²) in [7, 11) is 0. The van der Waals surface area contributed by atoms with E-state index < -0.39 is 0 Å². The molecule has 3 atom stereocenters. The molecule has 2 nitrogen and oxygen atoms in total. The Morgan fingerprint density at radius 3 is 2.72 bits per heavy atom. The molecule has 18 heavy (non-hydrogen) atoms. The van der Waals surface area contributed by atoms with Gasteiger partial charge in [-0.2, -0.15) is 5.26 Å². The highest BCUT2D eigenvalue weighted by atomic mass is 79.9. The summed E-state index contributed by atoms with van der Waals surface area (Å²) in [6.07, 6.45) is 3.80. The quantitative estimate of drug-likeness (QED) is 0.869. The van der Waals surface area contributed by atoms with E-state index in [1.54, 1.807) is 0 Å². The second-order valence-electron chi connectivity index (χ2n) is 5.49. The Labute approximate surface area is 118 Å². The van der Waals surface area contributed by atoms with E-state index >= 15 is 0 Å². The lowest BCUT2D eigenvalue weighted by molar-refractivity contribution is 0.276. The summed E-state index contributed by atoms with van der Waals surface area (Å²) < 4.78 is 0.959. The molecule has 1 N–H and O–H groups in total. The highest BCUT2D eigenvalue weighted by molar-refractivity contribution is 9.10. The van der Waals surface area contributed by atoms with Crippen molar-refractivity contribution in [3.63, 3.8) is 0 Å². The van der Waals surface area contributed by atoms with Crippen LogP contribution in [-0.4, -0.2) is 6.04 Å². The molecule has 0 heterocycles. The first-order valence-corrected chi connectivity index (χ1v) is 7.35. The summed E-state index contributed by atoms with van der Waals surface area (Å²) >= 11 is 3.45. The third kappa shape index (κ3) is 3.26. The fraction of sp³-hybridized carbons (Fsp3) is 0.533. The molecule has 0 aromatic heterocycles. The van der Waals surface area contributed by atoms with E-state index in [0.717, 1.165) is 16.1 Å². The first-order valence-electron chi connectivity index (χ1n) is 6.55. The van der Waals surface area contributed by atoms with Gasteiger partial charge in [-0.15, -0.1) is 0 Å². The van der Waals surface area contributed by atoms with Crippen molar-refractivity contribution in [3.8, 4) is 6.07 Å². The van der Waals surface area contributed by atoms with Gasteiger partial charge in [0.2, 0.25) is 0 Å². The van der Waals surface area contributed by atoms with Crippen molar-refractivity contribution in [2.75, 3.05) is 5.32 Å². The lowest BCUT2D eigenvalue weighted by Gasteiger charge is -2.33. The molecule has 1 aromatic rings. The summed E-state index contributed by atoms with van der Waals surface area (Å²) in [4.78, 5) is 0. The Hall–Kier alpha value is -1.01. The normalized spacial score (nSPS) is 27.6. The SMILES string of the molecule is CC1CCC(Nc2cc(Br)cc(C#N)c2)C(C)C1. The monoisotopic (exact) mass is 306 g/mol. The molecule has 3 heteroatoms. The van der Waals surface area contributed by atoms with E-state index in [2.05, 4.69) is 41.2 Å². The Kier molecular flexibility index (Phi) is 4.29.